The first kappa shape index (κ1) is 16.4. The summed E-state index contributed by atoms with van der Waals surface area (Å²) < 4.78 is 0. The third kappa shape index (κ3) is 5.15. The van der Waals surface area contributed by atoms with Crippen LogP contribution >= 0.6 is 0 Å². The van der Waals surface area contributed by atoms with E-state index in [4.69, 9.17) is 0 Å². The first-order chi connectivity index (χ1) is 9.20. The first-order valence-electron chi connectivity index (χ1n) is 7.08. The minimum atomic E-state index is -0.351. The molecule has 20 heavy (non-hydrogen) atoms. The van der Waals surface area contributed by atoms with Gasteiger partial charge in [-0.15, -0.1) is 0 Å². The minimum absolute atomic E-state index is 0.0565. The maximum Gasteiger partial charge on any atom is 0.225 e. The number of carbonyl (C=O) groups is 1. The molecular weight excluding hydrogens is 252 g/mol. The predicted molar refractivity (Wildman–Crippen MR) is 81.8 cm³/mol. The number of anilines is 1. The van der Waals surface area contributed by atoms with Crippen molar-refractivity contribution in [1.82, 2.24) is 15.3 Å². The average Bonchev–Trinajstić information content (AvgIpc) is 2.32. The number of nitrogens with one attached hydrogen (secondary N) is 2. The van der Waals surface area contributed by atoms with Crippen LogP contribution in [0.2, 0.25) is 0 Å². The molecule has 1 rings (SSSR count). The van der Waals surface area contributed by atoms with Crippen LogP contribution in [0.3, 0.4) is 0 Å². The fraction of sp³-hybridized carbons (Fsp3) is 0.667. The lowest BCUT2D eigenvalue weighted by Gasteiger charge is -2.18. The van der Waals surface area contributed by atoms with Crippen LogP contribution in [0.4, 0.5) is 5.82 Å². The molecule has 0 saturated carbocycles. The van der Waals surface area contributed by atoms with Crippen molar-refractivity contribution in [3.8, 4) is 0 Å². The quantitative estimate of drug-likeness (QED) is 0.812. The largest absolute Gasteiger partial charge is 0.368 e. The van der Waals surface area contributed by atoms with Crippen LogP contribution in [-0.4, -0.2) is 29.0 Å². The van der Waals surface area contributed by atoms with Crippen LogP contribution in [0.15, 0.2) is 6.07 Å². The molecule has 0 radical (unpaired) electrons. The molecule has 0 bridgehead atoms. The number of nitrogens with zero attached hydrogens (tertiary/aromatic N) is 2. The van der Waals surface area contributed by atoms with Crippen molar-refractivity contribution < 1.29 is 4.79 Å². The summed E-state index contributed by atoms with van der Waals surface area (Å²) in [5.41, 5.74) is 0.598. The summed E-state index contributed by atoms with van der Waals surface area (Å²) in [4.78, 5) is 20.6. The van der Waals surface area contributed by atoms with Gasteiger partial charge in [-0.1, -0.05) is 34.6 Å². The predicted octanol–water partition coefficient (Wildman–Crippen LogP) is 2.48. The minimum Gasteiger partial charge on any atom is -0.368 e. The van der Waals surface area contributed by atoms with Gasteiger partial charge in [-0.3, -0.25) is 4.79 Å². The molecular formula is C15H26N4O. The molecule has 1 aromatic heterocycles. The van der Waals surface area contributed by atoms with E-state index in [1.807, 2.05) is 33.8 Å². The Morgan fingerprint density at radius 2 is 1.90 bits per heavy atom. The number of hydrogen-bond donors (Lipinski definition) is 2. The van der Waals surface area contributed by atoms with Crippen molar-refractivity contribution in [2.75, 3.05) is 18.4 Å². The zero-order valence-corrected chi connectivity index (χ0v) is 13.4. The molecule has 0 saturated heterocycles. The highest BCUT2D eigenvalue weighted by Gasteiger charge is 2.20. The molecule has 2 N–H and O–H groups in total. The van der Waals surface area contributed by atoms with Gasteiger partial charge in [-0.2, -0.15) is 0 Å². The van der Waals surface area contributed by atoms with Gasteiger partial charge in [0.15, 0.2) is 0 Å². The number of amides is 1. The number of aromatic nitrogens is 2. The average molecular weight is 278 g/mol. The second-order valence-corrected chi connectivity index (χ2v) is 6.34. The van der Waals surface area contributed by atoms with Gasteiger partial charge < -0.3 is 10.6 Å². The van der Waals surface area contributed by atoms with E-state index in [9.17, 15) is 4.79 Å². The van der Waals surface area contributed by atoms with E-state index < -0.39 is 0 Å². The zero-order chi connectivity index (χ0) is 15.3. The first-order valence-corrected chi connectivity index (χ1v) is 7.08. The highest BCUT2D eigenvalue weighted by molar-refractivity contribution is 5.81. The lowest BCUT2D eigenvalue weighted by Crippen LogP contribution is -2.37. The van der Waals surface area contributed by atoms with Crippen LogP contribution in [0, 0.1) is 12.3 Å². The fourth-order valence-corrected chi connectivity index (χ4v) is 1.57. The van der Waals surface area contributed by atoms with Gasteiger partial charge in [-0.05, 0) is 6.92 Å². The van der Waals surface area contributed by atoms with Crippen LogP contribution in [-0.2, 0) is 4.79 Å². The Morgan fingerprint density at radius 3 is 2.45 bits per heavy atom. The number of carbonyl (C=O) groups excluding carboxylic acids is 1. The summed E-state index contributed by atoms with van der Waals surface area (Å²) in [5.74, 6) is 2.01. The van der Waals surface area contributed by atoms with Crippen LogP contribution < -0.4 is 10.6 Å². The smallest absolute Gasteiger partial charge is 0.225 e. The van der Waals surface area contributed by atoms with E-state index in [2.05, 4.69) is 34.4 Å². The van der Waals surface area contributed by atoms with E-state index >= 15 is 0 Å². The molecule has 1 aromatic rings. The van der Waals surface area contributed by atoms with Gasteiger partial charge in [0.05, 0.1) is 0 Å². The monoisotopic (exact) mass is 278 g/mol. The van der Waals surface area contributed by atoms with Gasteiger partial charge in [0.1, 0.15) is 11.6 Å². The summed E-state index contributed by atoms with van der Waals surface area (Å²) in [6, 6.07) is 1.91. The molecule has 0 aliphatic heterocycles. The summed E-state index contributed by atoms with van der Waals surface area (Å²) in [7, 11) is 0. The Labute approximate surface area is 121 Å². The molecule has 0 aliphatic carbocycles. The van der Waals surface area contributed by atoms with Crippen molar-refractivity contribution in [2.24, 2.45) is 5.41 Å². The van der Waals surface area contributed by atoms with Crippen molar-refractivity contribution in [3.63, 3.8) is 0 Å². The number of rotatable bonds is 5. The van der Waals surface area contributed by atoms with E-state index in [-0.39, 0.29) is 11.3 Å². The van der Waals surface area contributed by atoms with Crippen molar-refractivity contribution in [1.29, 1.82) is 0 Å². The number of aryl methyl sites for hydroxylation is 1. The summed E-state index contributed by atoms with van der Waals surface area (Å²) in [6.07, 6.45) is 0. The Bertz CT molecular complexity index is 463. The van der Waals surface area contributed by atoms with E-state index in [0.29, 0.717) is 19.0 Å². The van der Waals surface area contributed by atoms with Crippen molar-refractivity contribution >= 4 is 11.7 Å². The molecule has 0 aliphatic rings. The van der Waals surface area contributed by atoms with Gasteiger partial charge in [-0.25, -0.2) is 9.97 Å². The third-order valence-corrected chi connectivity index (χ3v) is 2.79. The number of hydrogen-bond acceptors (Lipinski definition) is 4. The molecule has 0 fully saturated rings. The highest BCUT2D eigenvalue weighted by Crippen LogP contribution is 2.14. The Morgan fingerprint density at radius 1 is 1.25 bits per heavy atom. The Kier molecular flexibility index (Phi) is 5.48. The maximum absolute atomic E-state index is 11.7. The van der Waals surface area contributed by atoms with Crippen LogP contribution in [0.25, 0.3) is 0 Å². The van der Waals surface area contributed by atoms with E-state index in [1.165, 1.54) is 0 Å². The zero-order valence-electron chi connectivity index (χ0n) is 13.4. The normalized spacial score (nSPS) is 11.6. The lowest BCUT2D eigenvalue weighted by atomic mass is 9.96. The summed E-state index contributed by atoms with van der Waals surface area (Å²) in [6.45, 7) is 13.0. The summed E-state index contributed by atoms with van der Waals surface area (Å²) in [5, 5.41) is 6.12. The van der Waals surface area contributed by atoms with Crippen molar-refractivity contribution in [3.05, 3.63) is 17.6 Å². The van der Waals surface area contributed by atoms with Crippen molar-refractivity contribution in [2.45, 2.75) is 47.5 Å². The van der Waals surface area contributed by atoms with Crippen LogP contribution in [0.1, 0.15) is 52.1 Å². The lowest BCUT2D eigenvalue weighted by molar-refractivity contribution is -0.128. The van der Waals surface area contributed by atoms with Gasteiger partial charge in [0, 0.05) is 36.2 Å². The molecule has 0 unspecified atom stereocenters. The fourth-order valence-electron chi connectivity index (χ4n) is 1.57. The molecule has 0 atom stereocenters. The second-order valence-electron chi connectivity index (χ2n) is 6.34. The Balaban J connectivity index is 2.49. The SMILES string of the molecule is Cc1cc(NCCNC(=O)C(C)(C)C)nc(C(C)C)n1. The standard InChI is InChI=1S/C15H26N4O/c1-10(2)13-18-11(3)9-12(19-13)16-7-8-17-14(20)15(4,5)6/h9-10H,7-8H2,1-6H3,(H,17,20)(H,16,18,19). The molecule has 0 aromatic carbocycles. The van der Waals surface area contributed by atoms with Gasteiger partial charge in [0.2, 0.25) is 5.91 Å². The van der Waals surface area contributed by atoms with E-state index in [1.54, 1.807) is 0 Å². The maximum atomic E-state index is 11.7. The Hall–Kier alpha value is -1.65. The van der Waals surface area contributed by atoms with E-state index in [0.717, 1.165) is 17.3 Å². The second kappa shape index (κ2) is 6.68. The topological polar surface area (TPSA) is 66.9 Å². The third-order valence-electron chi connectivity index (χ3n) is 2.79. The molecule has 1 amide bonds. The molecule has 5 heteroatoms. The molecule has 0 spiro atoms. The molecule has 1 heterocycles. The molecule has 5 nitrogen and oxygen atoms in total. The summed E-state index contributed by atoms with van der Waals surface area (Å²) >= 11 is 0. The van der Waals surface area contributed by atoms with Crippen LogP contribution in [0.5, 0.6) is 0 Å². The van der Waals surface area contributed by atoms with Gasteiger partial charge in [0.25, 0.3) is 0 Å². The molecule has 112 valence electrons. The van der Waals surface area contributed by atoms with Gasteiger partial charge >= 0.3 is 0 Å². The highest BCUT2D eigenvalue weighted by atomic mass is 16.2.